The van der Waals surface area contributed by atoms with E-state index in [1.807, 2.05) is 0 Å². The van der Waals surface area contributed by atoms with Gasteiger partial charge >= 0.3 is 5.69 Å². The van der Waals surface area contributed by atoms with Crippen LogP contribution in [-0.4, -0.2) is 22.5 Å². The maximum atomic E-state index is 11.0. The second kappa shape index (κ2) is 4.87. The molecular formula is C11H14ClN3O2. The third-order valence-electron chi connectivity index (χ3n) is 2.80. The molecule has 0 amide bonds. The van der Waals surface area contributed by atoms with E-state index in [-0.39, 0.29) is 10.8 Å². The van der Waals surface area contributed by atoms with Crippen LogP contribution in [0.5, 0.6) is 0 Å². The number of hydrogen-bond acceptors (Lipinski definition) is 4. The van der Waals surface area contributed by atoms with Gasteiger partial charge in [0.05, 0.1) is 4.92 Å². The molecule has 1 fully saturated rings. The van der Waals surface area contributed by atoms with E-state index in [2.05, 4.69) is 16.8 Å². The lowest BCUT2D eigenvalue weighted by Crippen LogP contribution is -2.27. The predicted molar refractivity (Wildman–Crippen MR) is 66.6 cm³/mol. The maximum absolute atomic E-state index is 11.0. The summed E-state index contributed by atoms with van der Waals surface area (Å²) >= 11 is 5.81. The Morgan fingerprint density at radius 3 is 2.88 bits per heavy atom. The van der Waals surface area contributed by atoms with Crippen LogP contribution in [0.3, 0.4) is 0 Å². The van der Waals surface area contributed by atoms with Crippen molar-refractivity contribution < 1.29 is 4.92 Å². The summed E-state index contributed by atoms with van der Waals surface area (Å²) in [6.07, 6.45) is 4.66. The monoisotopic (exact) mass is 255 g/mol. The van der Waals surface area contributed by atoms with Crippen molar-refractivity contribution >= 4 is 23.0 Å². The van der Waals surface area contributed by atoms with E-state index in [0.717, 1.165) is 25.8 Å². The zero-order chi connectivity index (χ0) is 12.4. The van der Waals surface area contributed by atoms with Crippen LogP contribution in [0.25, 0.3) is 0 Å². The first kappa shape index (κ1) is 12.1. The first-order valence-corrected chi connectivity index (χ1v) is 6.08. The van der Waals surface area contributed by atoms with Crippen LogP contribution in [0.4, 0.5) is 11.4 Å². The van der Waals surface area contributed by atoms with Crippen LogP contribution < -0.4 is 4.90 Å². The fraction of sp³-hybridized carbons (Fsp3) is 0.545. The highest BCUT2D eigenvalue weighted by Gasteiger charge is 2.33. The van der Waals surface area contributed by atoms with Crippen LogP contribution in [0.15, 0.2) is 12.3 Å². The van der Waals surface area contributed by atoms with Crippen molar-refractivity contribution in [1.29, 1.82) is 0 Å². The van der Waals surface area contributed by atoms with Gasteiger partial charge in [-0.05, 0) is 25.3 Å². The van der Waals surface area contributed by atoms with Crippen molar-refractivity contribution in [2.75, 3.05) is 11.4 Å². The number of aromatic nitrogens is 1. The summed E-state index contributed by atoms with van der Waals surface area (Å²) in [6, 6.07) is 2.10. The van der Waals surface area contributed by atoms with Gasteiger partial charge in [0, 0.05) is 18.8 Å². The van der Waals surface area contributed by atoms with Crippen LogP contribution in [0.1, 0.15) is 26.2 Å². The molecule has 1 saturated carbocycles. The molecule has 2 rings (SSSR count). The zero-order valence-electron chi connectivity index (χ0n) is 9.60. The Morgan fingerprint density at radius 1 is 1.65 bits per heavy atom. The van der Waals surface area contributed by atoms with Crippen molar-refractivity contribution in [2.24, 2.45) is 0 Å². The van der Waals surface area contributed by atoms with E-state index in [1.165, 1.54) is 6.20 Å². The summed E-state index contributed by atoms with van der Waals surface area (Å²) < 4.78 is 0. The van der Waals surface area contributed by atoms with Gasteiger partial charge in [-0.3, -0.25) is 10.1 Å². The van der Waals surface area contributed by atoms with Crippen molar-refractivity contribution in [1.82, 2.24) is 4.98 Å². The van der Waals surface area contributed by atoms with E-state index in [4.69, 9.17) is 11.6 Å². The standard InChI is InChI=1S/C11H14ClN3O2/c1-2-7-14(8-3-4-8)9-5-6-13-11(12)10(9)15(16)17/h5-6,8H,2-4,7H2,1H3. The molecule has 1 aliphatic rings. The fourth-order valence-corrected chi connectivity index (χ4v) is 2.17. The minimum absolute atomic E-state index is 0.0331. The highest BCUT2D eigenvalue weighted by atomic mass is 35.5. The van der Waals surface area contributed by atoms with Crippen LogP contribution in [-0.2, 0) is 0 Å². The van der Waals surface area contributed by atoms with Crippen molar-refractivity contribution in [2.45, 2.75) is 32.2 Å². The molecule has 1 aromatic rings. The average Bonchev–Trinajstić information content (AvgIpc) is 3.08. The lowest BCUT2D eigenvalue weighted by atomic mass is 10.2. The SMILES string of the molecule is CCCN(c1ccnc(Cl)c1[N+](=O)[O-])C1CC1. The molecule has 1 heterocycles. The Balaban J connectivity index is 2.41. The Kier molecular flexibility index (Phi) is 3.47. The lowest BCUT2D eigenvalue weighted by molar-refractivity contribution is -0.384. The van der Waals surface area contributed by atoms with E-state index in [9.17, 15) is 10.1 Å². The van der Waals surface area contributed by atoms with E-state index in [0.29, 0.717) is 11.7 Å². The normalized spacial score (nSPS) is 14.7. The maximum Gasteiger partial charge on any atom is 0.329 e. The molecule has 92 valence electrons. The molecule has 0 N–H and O–H groups in total. The fourth-order valence-electron chi connectivity index (χ4n) is 1.95. The van der Waals surface area contributed by atoms with Gasteiger partial charge in [0.2, 0.25) is 5.15 Å². The van der Waals surface area contributed by atoms with Gasteiger partial charge in [0.15, 0.2) is 0 Å². The number of nitrogens with zero attached hydrogens (tertiary/aromatic N) is 3. The third-order valence-corrected chi connectivity index (χ3v) is 3.08. The molecule has 0 atom stereocenters. The molecular weight excluding hydrogens is 242 g/mol. The van der Waals surface area contributed by atoms with Crippen molar-refractivity contribution in [3.05, 3.63) is 27.5 Å². The van der Waals surface area contributed by atoms with Gasteiger partial charge in [-0.1, -0.05) is 18.5 Å². The minimum atomic E-state index is -0.449. The molecule has 0 radical (unpaired) electrons. The van der Waals surface area contributed by atoms with E-state index < -0.39 is 4.92 Å². The number of rotatable bonds is 5. The second-order valence-corrected chi connectivity index (χ2v) is 4.51. The van der Waals surface area contributed by atoms with Crippen molar-refractivity contribution in [3.8, 4) is 0 Å². The minimum Gasteiger partial charge on any atom is -0.363 e. The summed E-state index contributed by atoms with van der Waals surface area (Å²) in [5.74, 6) is 0. The van der Waals surface area contributed by atoms with Gasteiger partial charge in [0.25, 0.3) is 0 Å². The number of anilines is 1. The molecule has 5 nitrogen and oxygen atoms in total. The molecule has 17 heavy (non-hydrogen) atoms. The van der Waals surface area contributed by atoms with Gasteiger partial charge in [-0.2, -0.15) is 0 Å². The Labute approximate surface area is 105 Å². The predicted octanol–water partition coefficient (Wildman–Crippen LogP) is 3.02. The zero-order valence-corrected chi connectivity index (χ0v) is 10.4. The lowest BCUT2D eigenvalue weighted by Gasteiger charge is -2.23. The van der Waals surface area contributed by atoms with Crippen LogP contribution in [0.2, 0.25) is 5.15 Å². The van der Waals surface area contributed by atoms with Crippen LogP contribution >= 0.6 is 11.6 Å². The Morgan fingerprint density at radius 2 is 2.35 bits per heavy atom. The molecule has 0 aromatic carbocycles. The highest BCUT2D eigenvalue weighted by molar-refractivity contribution is 6.32. The summed E-state index contributed by atoms with van der Waals surface area (Å²) in [6.45, 7) is 2.87. The van der Waals surface area contributed by atoms with Crippen LogP contribution in [0, 0.1) is 10.1 Å². The van der Waals surface area contributed by atoms with Gasteiger partial charge in [0.1, 0.15) is 5.69 Å². The largest absolute Gasteiger partial charge is 0.363 e. The molecule has 0 spiro atoms. The molecule has 0 aliphatic heterocycles. The first-order chi connectivity index (χ1) is 8.15. The molecule has 0 saturated heterocycles. The summed E-state index contributed by atoms with van der Waals surface area (Å²) in [5.41, 5.74) is 0.522. The molecule has 0 bridgehead atoms. The van der Waals surface area contributed by atoms with E-state index in [1.54, 1.807) is 6.07 Å². The third kappa shape index (κ3) is 2.49. The number of halogens is 1. The summed E-state index contributed by atoms with van der Waals surface area (Å²) in [4.78, 5) is 16.5. The molecule has 6 heteroatoms. The number of hydrogen-bond donors (Lipinski definition) is 0. The highest BCUT2D eigenvalue weighted by Crippen LogP contribution is 2.39. The molecule has 1 aromatic heterocycles. The second-order valence-electron chi connectivity index (χ2n) is 4.15. The summed E-state index contributed by atoms with van der Waals surface area (Å²) in [5, 5.41) is 11.0. The molecule has 1 aliphatic carbocycles. The number of pyridine rings is 1. The first-order valence-electron chi connectivity index (χ1n) is 5.70. The Hall–Kier alpha value is -1.36. The van der Waals surface area contributed by atoms with Gasteiger partial charge in [-0.15, -0.1) is 0 Å². The number of nitro groups is 1. The Bertz CT molecular complexity index is 435. The van der Waals surface area contributed by atoms with Crippen molar-refractivity contribution in [3.63, 3.8) is 0 Å². The quantitative estimate of drug-likeness (QED) is 0.461. The topological polar surface area (TPSA) is 59.3 Å². The van der Waals surface area contributed by atoms with E-state index >= 15 is 0 Å². The summed E-state index contributed by atoms with van der Waals surface area (Å²) in [7, 11) is 0. The smallest absolute Gasteiger partial charge is 0.329 e. The molecule has 0 unspecified atom stereocenters. The van der Waals surface area contributed by atoms with Gasteiger partial charge in [-0.25, -0.2) is 4.98 Å². The van der Waals surface area contributed by atoms with Gasteiger partial charge < -0.3 is 4.90 Å². The average molecular weight is 256 g/mol.